The molecule has 5 heteroatoms. The van der Waals surface area contributed by atoms with Crippen LogP contribution in [0.3, 0.4) is 0 Å². The van der Waals surface area contributed by atoms with Crippen LogP contribution in [-0.4, -0.2) is 20.7 Å². The van der Waals surface area contributed by atoms with E-state index in [9.17, 15) is 4.79 Å². The van der Waals surface area contributed by atoms with E-state index in [1.54, 1.807) is 10.6 Å². The van der Waals surface area contributed by atoms with Crippen LogP contribution in [0.2, 0.25) is 0 Å². The second kappa shape index (κ2) is 6.46. The number of pyridine rings is 2. The first-order valence-corrected chi connectivity index (χ1v) is 9.60. The number of aryl methyl sites for hydroxylation is 2. The van der Waals surface area contributed by atoms with E-state index in [1.165, 1.54) is 16.8 Å². The van der Waals surface area contributed by atoms with Crippen molar-refractivity contribution in [3.05, 3.63) is 81.9 Å². The maximum absolute atomic E-state index is 12.8. The van der Waals surface area contributed by atoms with Crippen LogP contribution < -0.4 is 10.9 Å². The van der Waals surface area contributed by atoms with Gasteiger partial charge in [0.05, 0.1) is 0 Å². The highest BCUT2D eigenvalue weighted by atomic mass is 16.1. The number of benzene rings is 1. The standard InChI is InChI=1S/C23H22N4O/c1-15-3-5-16(6-4-15)17-10-12-27(22(28)13-17)21-8-7-18-19-14-24-11-9-20(19)26(2)23(18)25-21/h3-8,10,12-13,24H,9,11,14H2,1-2H3. The smallest absolute Gasteiger partial charge is 0.256 e. The minimum absolute atomic E-state index is 0.0782. The van der Waals surface area contributed by atoms with Gasteiger partial charge in [-0.2, -0.15) is 0 Å². The summed E-state index contributed by atoms with van der Waals surface area (Å²) in [5.41, 5.74) is 6.68. The molecule has 0 unspecified atom stereocenters. The van der Waals surface area contributed by atoms with Gasteiger partial charge >= 0.3 is 0 Å². The van der Waals surface area contributed by atoms with Crippen molar-refractivity contribution in [3.8, 4) is 16.9 Å². The molecule has 0 atom stereocenters. The molecular formula is C23H22N4O. The number of fused-ring (bicyclic) bond motifs is 3. The Kier molecular flexibility index (Phi) is 3.91. The van der Waals surface area contributed by atoms with Crippen molar-refractivity contribution in [1.29, 1.82) is 0 Å². The summed E-state index contributed by atoms with van der Waals surface area (Å²) in [6.45, 7) is 3.92. The van der Waals surface area contributed by atoms with Crippen molar-refractivity contribution >= 4 is 11.0 Å². The monoisotopic (exact) mass is 370 g/mol. The summed E-state index contributed by atoms with van der Waals surface area (Å²) in [6.07, 6.45) is 2.82. The highest BCUT2D eigenvalue weighted by Crippen LogP contribution is 2.27. The molecule has 1 N–H and O–H groups in total. The van der Waals surface area contributed by atoms with Gasteiger partial charge in [-0.05, 0) is 41.8 Å². The molecule has 4 aromatic rings. The Bertz CT molecular complexity index is 1250. The lowest BCUT2D eigenvalue weighted by atomic mass is 10.1. The van der Waals surface area contributed by atoms with Gasteiger partial charge in [0.2, 0.25) is 0 Å². The second-order valence-electron chi connectivity index (χ2n) is 7.44. The zero-order valence-corrected chi connectivity index (χ0v) is 16.1. The van der Waals surface area contributed by atoms with Crippen molar-refractivity contribution in [2.75, 3.05) is 6.54 Å². The molecule has 3 aromatic heterocycles. The highest BCUT2D eigenvalue weighted by molar-refractivity contribution is 5.83. The Hall–Kier alpha value is -3.18. The molecule has 0 fully saturated rings. The average Bonchev–Trinajstić information content (AvgIpc) is 3.01. The third kappa shape index (κ3) is 2.67. The molecule has 1 aliphatic rings. The van der Waals surface area contributed by atoms with Crippen LogP contribution in [0.5, 0.6) is 0 Å². The fourth-order valence-electron chi connectivity index (χ4n) is 4.08. The Morgan fingerprint density at radius 3 is 2.64 bits per heavy atom. The Labute approximate surface area is 163 Å². The molecule has 4 heterocycles. The first kappa shape index (κ1) is 17.0. The van der Waals surface area contributed by atoms with Gasteiger partial charge in [0.15, 0.2) is 0 Å². The van der Waals surface area contributed by atoms with Gasteiger partial charge in [0.1, 0.15) is 11.5 Å². The van der Waals surface area contributed by atoms with E-state index >= 15 is 0 Å². The molecular weight excluding hydrogens is 348 g/mol. The first-order chi connectivity index (χ1) is 13.6. The Balaban J connectivity index is 1.59. The zero-order valence-electron chi connectivity index (χ0n) is 16.1. The van der Waals surface area contributed by atoms with Gasteiger partial charge < -0.3 is 9.88 Å². The molecule has 0 aliphatic carbocycles. The summed E-state index contributed by atoms with van der Waals surface area (Å²) >= 11 is 0. The van der Waals surface area contributed by atoms with Gasteiger partial charge in [-0.15, -0.1) is 0 Å². The van der Waals surface area contributed by atoms with Gasteiger partial charge in [0.25, 0.3) is 5.56 Å². The van der Waals surface area contributed by atoms with Gasteiger partial charge in [-0.1, -0.05) is 29.8 Å². The van der Waals surface area contributed by atoms with E-state index in [2.05, 4.69) is 42.1 Å². The van der Waals surface area contributed by atoms with Crippen molar-refractivity contribution in [2.45, 2.75) is 19.9 Å². The minimum atomic E-state index is -0.0782. The molecule has 1 aliphatic heterocycles. The van der Waals surface area contributed by atoms with E-state index < -0.39 is 0 Å². The number of nitrogens with zero attached hydrogens (tertiary/aromatic N) is 3. The molecule has 0 saturated carbocycles. The maximum Gasteiger partial charge on any atom is 0.256 e. The lowest BCUT2D eigenvalue weighted by Crippen LogP contribution is -2.24. The van der Waals surface area contributed by atoms with Crippen LogP contribution in [0.25, 0.3) is 28.0 Å². The van der Waals surface area contributed by atoms with Crippen LogP contribution in [-0.2, 0) is 20.0 Å². The van der Waals surface area contributed by atoms with Gasteiger partial charge in [-0.25, -0.2) is 4.98 Å². The van der Waals surface area contributed by atoms with Crippen LogP contribution in [0.4, 0.5) is 0 Å². The fraction of sp³-hybridized carbons (Fsp3) is 0.217. The molecule has 5 rings (SSSR count). The summed E-state index contributed by atoms with van der Waals surface area (Å²) in [5, 5.41) is 4.60. The normalized spacial score (nSPS) is 13.6. The predicted octanol–water partition coefficient (Wildman–Crippen LogP) is 3.35. The van der Waals surface area contributed by atoms with Crippen LogP contribution in [0.1, 0.15) is 16.8 Å². The SMILES string of the molecule is Cc1ccc(-c2ccn(-c3ccc4c5c(n(C)c4n3)CCNC5)c(=O)c2)cc1. The fourth-order valence-corrected chi connectivity index (χ4v) is 4.08. The summed E-state index contributed by atoms with van der Waals surface area (Å²) in [7, 11) is 2.06. The molecule has 1 aromatic carbocycles. The molecule has 0 spiro atoms. The topological polar surface area (TPSA) is 51.9 Å². The first-order valence-electron chi connectivity index (χ1n) is 9.60. The third-order valence-electron chi connectivity index (χ3n) is 5.65. The van der Waals surface area contributed by atoms with Crippen LogP contribution in [0.15, 0.2) is 59.5 Å². The number of nitrogens with one attached hydrogen (secondary N) is 1. The van der Waals surface area contributed by atoms with Crippen LogP contribution in [0, 0.1) is 6.92 Å². The number of hydrogen-bond acceptors (Lipinski definition) is 3. The largest absolute Gasteiger partial charge is 0.332 e. The minimum Gasteiger partial charge on any atom is -0.332 e. The molecule has 0 saturated heterocycles. The van der Waals surface area contributed by atoms with Gasteiger partial charge in [0, 0.05) is 49.9 Å². The maximum atomic E-state index is 12.8. The molecule has 140 valence electrons. The number of rotatable bonds is 2. The third-order valence-corrected chi connectivity index (χ3v) is 5.65. The summed E-state index contributed by atoms with van der Waals surface area (Å²) in [4.78, 5) is 17.6. The molecule has 28 heavy (non-hydrogen) atoms. The van der Waals surface area contributed by atoms with Crippen molar-refractivity contribution in [3.63, 3.8) is 0 Å². The van der Waals surface area contributed by atoms with E-state index in [4.69, 9.17) is 4.98 Å². The van der Waals surface area contributed by atoms with Crippen molar-refractivity contribution < 1.29 is 0 Å². The summed E-state index contributed by atoms with van der Waals surface area (Å²) in [5.74, 6) is 0.652. The van der Waals surface area contributed by atoms with E-state index in [1.807, 2.05) is 30.5 Å². The molecule has 5 nitrogen and oxygen atoms in total. The zero-order chi connectivity index (χ0) is 19.3. The van der Waals surface area contributed by atoms with Crippen LogP contribution >= 0.6 is 0 Å². The molecule has 0 radical (unpaired) electrons. The van der Waals surface area contributed by atoms with E-state index in [-0.39, 0.29) is 5.56 Å². The van der Waals surface area contributed by atoms with E-state index in [0.717, 1.165) is 41.7 Å². The second-order valence-corrected chi connectivity index (χ2v) is 7.44. The average molecular weight is 370 g/mol. The summed E-state index contributed by atoms with van der Waals surface area (Å²) < 4.78 is 3.78. The summed E-state index contributed by atoms with van der Waals surface area (Å²) in [6, 6.07) is 15.9. The van der Waals surface area contributed by atoms with Gasteiger partial charge in [-0.3, -0.25) is 9.36 Å². The lowest BCUT2D eigenvalue weighted by molar-refractivity contribution is 0.621. The number of aromatic nitrogens is 3. The lowest BCUT2D eigenvalue weighted by Gasteiger charge is -2.14. The quantitative estimate of drug-likeness (QED) is 0.589. The number of hydrogen-bond donors (Lipinski definition) is 1. The molecule has 0 bridgehead atoms. The van der Waals surface area contributed by atoms with E-state index in [0.29, 0.717) is 5.82 Å². The van der Waals surface area contributed by atoms with Crippen molar-refractivity contribution in [1.82, 2.24) is 19.4 Å². The van der Waals surface area contributed by atoms with Crippen molar-refractivity contribution in [2.24, 2.45) is 7.05 Å². The Morgan fingerprint density at radius 1 is 1.04 bits per heavy atom. The predicted molar refractivity (Wildman–Crippen MR) is 112 cm³/mol. The molecule has 0 amide bonds. The Morgan fingerprint density at radius 2 is 1.86 bits per heavy atom. The highest BCUT2D eigenvalue weighted by Gasteiger charge is 2.19.